The predicted octanol–water partition coefficient (Wildman–Crippen LogP) is 6.58. The van der Waals surface area contributed by atoms with Crippen LogP contribution in [-0.2, 0) is 12.1 Å². The summed E-state index contributed by atoms with van der Waals surface area (Å²) in [6.07, 6.45) is 8.55. The molecule has 164 valence electrons. The van der Waals surface area contributed by atoms with Crippen LogP contribution in [0.4, 0.5) is 4.39 Å². The number of nitrogens with zero attached hydrogens (tertiary/aromatic N) is 1. The third-order valence-electron chi connectivity index (χ3n) is 6.30. The topological polar surface area (TPSA) is 29.3 Å². The second-order valence-electron chi connectivity index (χ2n) is 8.68. The summed E-state index contributed by atoms with van der Waals surface area (Å²) < 4.78 is 14.7. The zero-order chi connectivity index (χ0) is 22.1. The fraction of sp³-hybridized carbons (Fsp3) is 0.393. The molecule has 1 unspecified atom stereocenters. The van der Waals surface area contributed by atoms with Gasteiger partial charge in [-0.3, -0.25) is 4.90 Å². The Morgan fingerprint density at radius 1 is 1.10 bits per heavy atom. The average Bonchev–Trinajstić information content (AvgIpc) is 3.29. The van der Waals surface area contributed by atoms with Crippen LogP contribution < -0.4 is 5.73 Å². The van der Waals surface area contributed by atoms with Gasteiger partial charge in [-0.15, -0.1) is 12.3 Å². The number of likely N-dealkylation sites (tertiary alicyclic amines) is 1. The fourth-order valence-electron chi connectivity index (χ4n) is 4.50. The molecule has 0 radical (unpaired) electrons. The van der Waals surface area contributed by atoms with Crippen LogP contribution in [0.25, 0.3) is 5.57 Å². The third-order valence-corrected chi connectivity index (χ3v) is 6.30. The van der Waals surface area contributed by atoms with Gasteiger partial charge in [0.1, 0.15) is 5.82 Å². The van der Waals surface area contributed by atoms with E-state index in [1.54, 1.807) is 6.07 Å². The van der Waals surface area contributed by atoms with Gasteiger partial charge in [-0.2, -0.15) is 0 Å². The van der Waals surface area contributed by atoms with E-state index in [0.717, 1.165) is 36.9 Å². The molecule has 2 N–H and O–H groups in total. The first-order valence-electron chi connectivity index (χ1n) is 11.4. The first-order chi connectivity index (χ1) is 15.1. The Hall–Kier alpha value is -2.45. The van der Waals surface area contributed by atoms with E-state index in [1.165, 1.54) is 37.6 Å². The van der Waals surface area contributed by atoms with E-state index in [0.29, 0.717) is 18.4 Å². The zero-order valence-corrected chi connectivity index (χ0v) is 18.6. The molecule has 0 spiro atoms. The molecule has 31 heavy (non-hydrogen) atoms. The number of halogens is 1. The average molecular weight is 419 g/mol. The minimum absolute atomic E-state index is 0.252. The molecule has 0 aliphatic carbocycles. The van der Waals surface area contributed by atoms with E-state index < -0.39 is 5.54 Å². The number of hydrogen-bond acceptors (Lipinski definition) is 2. The van der Waals surface area contributed by atoms with Crippen molar-refractivity contribution in [3.63, 3.8) is 0 Å². The monoisotopic (exact) mass is 418 g/mol. The van der Waals surface area contributed by atoms with Crippen LogP contribution >= 0.6 is 0 Å². The van der Waals surface area contributed by atoms with Gasteiger partial charge in [0.15, 0.2) is 0 Å². The summed E-state index contributed by atoms with van der Waals surface area (Å²) in [6.45, 7) is 11.1. The molecular formula is C28H35FN2. The molecule has 1 aliphatic heterocycles. The Morgan fingerprint density at radius 2 is 1.81 bits per heavy atom. The highest BCUT2D eigenvalue weighted by Gasteiger charge is 2.31. The molecular weight excluding hydrogens is 383 g/mol. The zero-order valence-electron chi connectivity index (χ0n) is 18.6. The second kappa shape index (κ2) is 11.2. The first kappa shape index (κ1) is 23.2. The second-order valence-corrected chi connectivity index (χ2v) is 8.68. The van der Waals surface area contributed by atoms with E-state index in [-0.39, 0.29) is 5.82 Å². The van der Waals surface area contributed by atoms with Crippen LogP contribution in [0, 0.1) is 5.82 Å². The number of nitrogens with two attached hydrogens (primary N) is 1. The quantitative estimate of drug-likeness (QED) is 0.254. The molecule has 0 bridgehead atoms. The lowest BCUT2D eigenvalue weighted by Crippen LogP contribution is -2.38. The third kappa shape index (κ3) is 6.27. The molecule has 3 heteroatoms. The van der Waals surface area contributed by atoms with Crippen molar-refractivity contribution in [1.82, 2.24) is 4.90 Å². The summed E-state index contributed by atoms with van der Waals surface area (Å²) in [6, 6.07) is 15.5. The Kier molecular flexibility index (Phi) is 8.43. The molecule has 2 aromatic rings. The number of unbranched alkanes of at least 4 members (excludes halogenated alkanes) is 2. The van der Waals surface area contributed by atoms with Gasteiger partial charge >= 0.3 is 0 Å². The predicted molar refractivity (Wildman–Crippen MR) is 129 cm³/mol. The van der Waals surface area contributed by atoms with Gasteiger partial charge in [-0.25, -0.2) is 4.39 Å². The Balaban J connectivity index is 1.78. The summed E-state index contributed by atoms with van der Waals surface area (Å²) >= 11 is 0. The van der Waals surface area contributed by atoms with E-state index >= 15 is 0 Å². The van der Waals surface area contributed by atoms with E-state index in [1.807, 2.05) is 18.2 Å². The van der Waals surface area contributed by atoms with Gasteiger partial charge < -0.3 is 5.73 Å². The lowest BCUT2D eigenvalue weighted by Gasteiger charge is -2.31. The fourth-order valence-corrected chi connectivity index (χ4v) is 4.50. The molecule has 0 saturated carbocycles. The summed E-state index contributed by atoms with van der Waals surface area (Å²) in [5, 5.41) is 0. The highest BCUT2D eigenvalue weighted by molar-refractivity contribution is 5.66. The van der Waals surface area contributed by atoms with Crippen LogP contribution in [0.15, 0.2) is 73.5 Å². The van der Waals surface area contributed by atoms with Gasteiger partial charge in [-0.1, -0.05) is 61.5 Å². The summed E-state index contributed by atoms with van der Waals surface area (Å²) in [5.74, 6) is -0.252. The van der Waals surface area contributed by atoms with Gasteiger partial charge in [0.2, 0.25) is 0 Å². The first-order valence-corrected chi connectivity index (χ1v) is 11.4. The standard InChI is InChI=1S/C28H35FN2/c1-3-5-6-9-18-28(30,26-12-7-8-13-27(26)29)21-24(4-2)25-16-14-23(15-17-25)22-31-19-10-11-20-31/h3,7-8,12-17H,1-2,5-6,9-11,18-22,30H2. The van der Waals surface area contributed by atoms with Crippen molar-refractivity contribution in [2.75, 3.05) is 13.1 Å². The van der Waals surface area contributed by atoms with Crippen molar-refractivity contribution < 1.29 is 4.39 Å². The van der Waals surface area contributed by atoms with E-state index in [4.69, 9.17) is 5.73 Å². The Labute approximate surface area is 187 Å². The van der Waals surface area contributed by atoms with Gasteiger partial charge in [0, 0.05) is 29.6 Å². The molecule has 1 aliphatic rings. The lowest BCUT2D eigenvalue weighted by atomic mass is 9.79. The normalized spacial score (nSPS) is 15.9. The van der Waals surface area contributed by atoms with Crippen LogP contribution in [0.3, 0.4) is 0 Å². The number of hydrogen-bond donors (Lipinski definition) is 1. The molecule has 0 amide bonds. The molecule has 2 aromatic carbocycles. The van der Waals surface area contributed by atoms with Crippen LogP contribution in [0.2, 0.25) is 0 Å². The van der Waals surface area contributed by atoms with Crippen molar-refractivity contribution in [3.8, 4) is 0 Å². The Bertz CT molecular complexity index is 905. The maximum absolute atomic E-state index is 14.7. The number of benzene rings is 2. The smallest absolute Gasteiger partial charge is 0.128 e. The van der Waals surface area contributed by atoms with Crippen LogP contribution in [-0.4, -0.2) is 18.0 Å². The van der Waals surface area contributed by atoms with Crippen molar-refractivity contribution in [3.05, 3.63) is 96.0 Å². The Morgan fingerprint density at radius 3 is 2.45 bits per heavy atom. The number of rotatable bonds is 11. The molecule has 1 fully saturated rings. The van der Waals surface area contributed by atoms with Crippen LogP contribution in [0.1, 0.15) is 61.6 Å². The summed E-state index contributed by atoms with van der Waals surface area (Å²) in [4.78, 5) is 2.49. The largest absolute Gasteiger partial charge is 0.321 e. The highest BCUT2D eigenvalue weighted by atomic mass is 19.1. The molecule has 1 saturated heterocycles. The van der Waals surface area contributed by atoms with E-state index in [2.05, 4.69) is 48.1 Å². The molecule has 1 heterocycles. The maximum Gasteiger partial charge on any atom is 0.128 e. The summed E-state index contributed by atoms with van der Waals surface area (Å²) in [5.41, 5.74) is 13.0. The van der Waals surface area contributed by atoms with Gasteiger partial charge in [-0.05, 0) is 62.4 Å². The van der Waals surface area contributed by atoms with Crippen molar-refractivity contribution in [2.45, 2.75) is 57.0 Å². The van der Waals surface area contributed by atoms with Crippen molar-refractivity contribution in [2.24, 2.45) is 5.73 Å². The number of allylic oxidation sites excluding steroid dienone is 1. The molecule has 0 aromatic heterocycles. The SMILES string of the molecule is C=C=C(CC(N)(CCCCC=C)c1ccccc1F)c1ccc(CN2CCCC2)cc1. The van der Waals surface area contributed by atoms with Gasteiger partial charge in [0.25, 0.3) is 0 Å². The van der Waals surface area contributed by atoms with E-state index in [9.17, 15) is 4.39 Å². The molecule has 1 atom stereocenters. The van der Waals surface area contributed by atoms with Crippen LogP contribution in [0.5, 0.6) is 0 Å². The van der Waals surface area contributed by atoms with Crippen molar-refractivity contribution >= 4 is 5.57 Å². The van der Waals surface area contributed by atoms with Crippen molar-refractivity contribution in [1.29, 1.82) is 0 Å². The maximum atomic E-state index is 14.7. The molecule has 3 rings (SSSR count). The van der Waals surface area contributed by atoms with Gasteiger partial charge in [0.05, 0.1) is 0 Å². The lowest BCUT2D eigenvalue weighted by molar-refractivity contribution is 0.331. The highest BCUT2D eigenvalue weighted by Crippen LogP contribution is 2.36. The molecule has 2 nitrogen and oxygen atoms in total. The minimum atomic E-state index is -0.805. The summed E-state index contributed by atoms with van der Waals surface area (Å²) in [7, 11) is 0. The minimum Gasteiger partial charge on any atom is -0.321 e.